The topological polar surface area (TPSA) is 534 Å². The van der Waals surface area contributed by atoms with E-state index in [-0.39, 0.29) is 122 Å². The standard InChI is InChI=1S/3C34H38N4O6.2Au/c3*1-15-21(7-9-31(41)42)27-14-28-22(8-10-32(43)44)16(2)24(36-28)12-29-34(20(6)40)18(4)26(38-29)13-30-33(19(5)39)17(3)25(37-30)11-23(15)35-27;;/h3*11-14,19-20,36-37,39-40H,7-10H2,1-6H3,(H,41,42)(H,43,44);;/q;;;2*+3/p-6. The van der Waals surface area contributed by atoms with E-state index in [1.807, 2.05) is 156 Å². The maximum Gasteiger partial charge on any atom is 3.00 e. The number of carbonyl (C=O) groups excluding carboxylic acids is 6. The fourth-order valence-electron chi connectivity index (χ4n) is 18.9. The second kappa shape index (κ2) is 41.8. The zero-order chi connectivity index (χ0) is 96.1. The van der Waals surface area contributed by atoms with E-state index >= 15 is 0 Å². The first-order valence-electron chi connectivity index (χ1n) is 44.0. The number of carbonyl (C=O) groups is 6. The number of carboxylic acid groups (broad SMARTS) is 6. The van der Waals surface area contributed by atoms with Crippen molar-refractivity contribution in [1.82, 2.24) is 59.8 Å². The molecule has 706 valence electrons. The number of aliphatic carboxylic acids is 6. The van der Waals surface area contributed by atoms with Gasteiger partial charge in [-0.3, -0.25) is 0 Å². The van der Waals surface area contributed by atoms with Crippen LogP contribution in [0.25, 0.3) is 133 Å². The van der Waals surface area contributed by atoms with Gasteiger partial charge in [-0.25, -0.2) is 29.9 Å². The molecule has 12 N–H and O–H groups in total. The Labute approximate surface area is 804 Å². The molecule has 6 unspecified atom stereocenters. The van der Waals surface area contributed by atoms with Gasteiger partial charge in [0.05, 0.1) is 105 Å². The van der Waals surface area contributed by atoms with Gasteiger partial charge in [0, 0.05) is 135 Å². The first kappa shape index (κ1) is 102. The normalized spacial score (nSPS) is 14.5. The van der Waals surface area contributed by atoms with E-state index in [2.05, 4.69) is 29.9 Å². The molecule has 15 heterocycles. The minimum Gasteiger partial charge on any atom is -0.550 e. The number of rotatable bonds is 24. The van der Waals surface area contributed by atoms with Crippen LogP contribution in [0, 0.1) is 41.5 Å². The second-order valence-electron chi connectivity index (χ2n) is 34.9. The molecule has 0 saturated heterocycles. The third kappa shape index (κ3) is 21.3. The van der Waals surface area contributed by atoms with Crippen molar-refractivity contribution in [2.45, 2.75) is 238 Å². The Hall–Kier alpha value is -12.1. The molecule has 15 rings (SSSR count). The third-order valence-corrected chi connectivity index (χ3v) is 25.9. The third-order valence-electron chi connectivity index (χ3n) is 25.9. The van der Waals surface area contributed by atoms with E-state index in [4.69, 9.17) is 29.9 Å². The van der Waals surface area contributed by atoms with Crippen LogP contribution in [0.15, 0.2) is 72.8 Å². The van der Waals surface area contributed by atoms with Gasteiger partial charge in [0.1, 0.15) is 0 Å². The molecule has 6 aliphatic rings. The number of aliphatic hydroxyl groups excluding tert-OH is 6. The van der Waals surface area contributed by atoms with Gasteiger partial charge >= 0.3 is 44.8 Å². The molecule has 0 fully saturated rings. The van der Waals surface area contributed by atoms with E-state index in [0.29, 0.717) is 151 Å². The van der Waals surface area contributed by atoms with Gasteiger partial charge in [-0.2, -0.15) is 0 Å². The van der Waals surface area contributed by atoms with Gasteiger partial charge in [-0.15, -0.1) is 0 Å². The Kier molecular flexibility index (Phi) is 31.9. The van der Waals surface area contributed by atoms with Crippen molar-refractivity contribution in [2.24, 2.45) is 0 Å². The number of allylic oxidation sites excluding steroid dienone is 9. The molecule has 0 aliphatic carbocycles. The van der Waals surface area contributed by atoms with E-state index in [1.54, 1.807) is 41.5 Å². The van der Waals surface area contributed by atoms with Crippen LogP contribution in [0.5, 0.6) is 0 Å². The molecule has 0 aromatic carbocycles. The summed E-state index contributed by atoms with van der Waals surface area (Å²) in [5.41, 5.74) is 33.8. The van der Waals surface area contributed by atoms with Gasteiger partial charge in [0.15, 0.2) is 0 Å². The average Bonchev–Trinajstić information content (AvgIpc) is 1.62. The molecule has 9 aromatic rings. The van der Waals surface area contributed by atoms with Crippen molar-refractivity contribution >= 4 is 169 Å². The number of fused-ring (bicyclic) bond motifs is 24. The fraction of sp³-hybridized carbons (Fsp3) is 0.353. The van der Waals surface area contributed by atoms with E-state index in [0.717, 1.165) is 117 Å². The number of aromatic amines is 6. The number of hydrogen-bond acceptors (Lipinski definition) is 24. The first-order chi connectivity index (χ1) is 62.3. The van der Waals surface area contributed by atoms with Crippen LogP contribution in [0.1, 0.15) is 294 Å². The van der Waals surface area contributed by atoms with Crippen LogP contribution in [0.3, 0.4) is 0 Å². The summed E-state index contributed by atoms with van der Waals surface area (Å²) in [5.74, 6) is -7.02. The summed E-state index contributed by atoms with van der Waals surface area (Å²) < 4.78 is 0. The molecule has 6 atom stereocenters. The molecule has 30 nitrogen and oxygen atoms in total. The van der Waals surface area contributed by atoms with Crippen LogP contribution in [-0.4, -0.2) is 145 Å². The van der Waals surface area contributed by atoms with Crippen molar-refractivity contribution in [2.75, 3.05) is 0 Å². The molecule has 134 heavy (non-hydrogen) atoms. The summed E-state index contributed by atoms with van der Waals surface area (Å²) in [6.45, 7) is 32.9. The summed E-state index contributed by atoms with van der Waals surface area (Å²) >= 11 is 0. The SMILES string of the molecule is CC1=C(CCC(=O)[O-])c2cc3[nH]c(cc4nc(cc5[nH]c(cc1n2)c(C)c5C(C)O)C(C)=C4C(C)O)c(C)c3CCC(=O)[O-].CC1=C(CCC(=O)[O-])c2cc3[nH]c(cc4nc(cc5[nH]c(cc1n2)c(C)c5C(C)O)C(C)=C4C(C)O)c(C)c3CCC(=O)[O-].CC1=C(CCC(=O)[O-])c2cc3[nH]c(cc4nc(cc5[nH]c(cc1n2)c(C)c5C(C)O)C(C)=C4C(C)O)c(C)c3CCC(=O)[O-].[Au+3].[Au+3]. The summed E-state index contributed by atoms with van der Waals surface area (Å²) in [4.78, 5) is 119. The Morgan fingerprint density at radius 3 is 0.619 bits per heavy atom. The Bertz CT molecular complexity index is 6450. The average molecular weight is 2180 g/mol. The van der Waals surface area contributed by atoms with Crippen molar-refractivity contribution in [1.29, 1.82) is 0 Å². The maximum absolute atomic E-state index is 11.4. The molecule has 6 aliphatic heterocycles. The number of nitrogens with zero attached hydrogens (tertiary/aromatic N) is 6. The number of carboxylic acids is 6. The van der Waals surface area contributed by atoms with E-state index in [9.17, 15) is 90.0 Å². The maximum atomic E-state index is 11.4. The minimum atomic E-state index is -1.17. The number of aryl methyl sites for hydroxylation is 9. The second-order valence-corrected chi connectivity index (χ2v) is 34.9. The molecular weight excluding hydrogens is 2080 g/mol. The van der Waals surface area contributed by atoms with Crippen LogP contribution in [-0.2, 0) is 92.8 Å². The molecule has 0 radical (unpaired) electrons. The van der Waals surface area contributed by atoms with Crippen LogP contribution >= 0.6 is 0 Å². The van der Waals surface area contributed by atoms with Gasteiger partial charge in [-0.1, -0.05) is 0 Å². The van der Waals surface area contributed by atoms with Crippen LogP contribution in [0.2, 0.25) is 0 Å². The number of aromatic nitrogens is 12. The molecule has 32 heteroatoms. The summed E-state index contributed by atoms with van der Waals surface area (Å²) in [7, 11) is 0. The van der Waals surface area contributed by atoms with Gasteiger partial charge in [0.2, 0.25) is 0 Å². The predicted octanol–water partition coefficient (Wildman–Crippen LogP) is 10.3. The first-order valence-corrected chi connectivity index (χ1v) is 44.0. The van der Waals surface area contributed by atoms with Crippen LogP contribution < -0.4 is 30.6 Å². The van der Waals surface area contributed by atoms with Gasteiger partial charge in [0.25, 0.3) is 0 Å². The van der Waals surface area contributed by atoms with Crippen LogP contribution in [0.4, 0.5) is 0 Å². The van der Waals surface area contributed by atoms with Crippen molar-refractivity contribution < 1.29 is 135 Å². The Morgan fingerprint density at radius 2 is 0.410 bits per heavy atom. The molecule has 0 saturated carbocycles. The molecule has 9 aromatic heterocycles. The number of hydrogen-bond donors (Lipinski definition) is 12. The van der Waals surface area contributed by atoms with Gasteiger partial charge < -0.3 is 120 Å². The van der Waals surface area contributed by atoms with Gasteiger partial charge in [-0.05, 0) is 375 Å². The molecule has 24 bridgehead atoms. The quantitative estimate of drug-likeness (QED) is 0.0250. The Balaban J connectivity index is 0.000000192. The summed E-state index contributed by atoms with van der Waals surface area (Å²) in [5, 5.41) is 133. The smallest absolute Gasteiger partial charge is 0.550 e. The molecule has 0 amide bonds. The summed E-state index contributed by atoms with van der Waals surface area (Å²) in [6, 6.07) is 22.2. The van der Waals surface area contributed by atoms with E-state index < -0.39 is 72.4 Å². The number of nitrogens with one attached hydrogen (secondary N) is 6. The molecular formula is C102H108Au2N12O18. The minimum absolute atomic E-state index is 0. The molecule has 0 spiro atoms. The van der Waals surface area contributed by atoms with E-state index in [1.165, 1.54) is 0 Å². The Morgan fingerprint density at radius 1 is 0.239 bits per heavy atom. The zero-order valence-corrected chi connectivity index (χ0v) is 82.1. The number of aliphatic hydroxyl groups is 6. The summed E-state index contributed by atoms with van der Waals surface area (Å²) in [6.07, 6.45) is -4.69. The van der Waals surface area contributed by atoms with Crippen molar-refractivity contribution in [3.63, 3.8) is 0 Å². The van der Waals surface area contributed by atoms with Crippen molar-refractivity contribution in [3.05, 3.63) is 208 Å². The zero-order valence-electron chi connectivity index (χ0n) is 77.7. The fourth-order valence-corrected chi connectivity index (χ4v) is 18.9. The monoisotopic (exact) mass is 2180 g/mol. The largest absolute Gasteiger partial charge is 3.00 e. The predicted molar refractivity (Wildman–Crippen MR) is 496 cm³/mol. The van der Waals surface area contributed by atoms with Crippen molar-refractivity contribution in [3.8, 4) is 0 Å². The number of H-pyrrole nitrogens is 6.